The van der Waals surface area contributed by atoms with Gasteiger partial charge in [0, 0.05) is 6.07 Å². The average molecular weight is 281 g/mol. The van der Waals surface area contributed by atoms with Crippen molar-refractivity contribution in [1.82, 2.24) is 0 Å². The van der Waals surface area contributed by atoms with E-state index in [4.69, 9.17) is 16.0 Å². The summed E-state index contributed by atoms with van der Waals surface area (Å²) < 4.78 is 31.1. The lowest BCUT2D eigenvalue weighted by molar-refractivity contribution is 0.0689. The Morgan fingerprint density at radius 2 is 1.84 bits per heavy atom. The normalized spacial score (nSPS) is 12.2. The Kier molecular flexibility index (Phi) is 2.57. The Hall–Kier alpha value is -1.94. The van der Waals surface area contributed by atoms with E-state index >= 15 is 0 Å². The lowest BCUT2D eigenvalue weighted by Crippen LogP contribution is -2.10. The quantitative estimate of drug-likeness (QED) is 0.493. The van der Waals surface area contributed by atoms with Gasteiger partial charge in [0.2, 0.25) is 0 Å². The average Bonchev–Trinajstić information content (AvgIpc) is 2.37. The van der Waals surface area contributed by atoms with E-state index < -0.39 is 16.6 Å². The van der Waals surface area contributed by atoms with Crippen molar-refractivity contribution in [2.24, 2.45) is 0 Å². The van der Waals surface area contributed by atoms with E-state index in [1.165, 1.54) is 6.07 Å². The molecule has 0 atom stereocenters. The number of benzene rings is 2. The summed E-state index contributed by atoms with van der Waals surface area (Å²) >= 11 is 4.88. The molecule has 0 fully saturated rings. The summed E-state index contributed by atoms with van der Waals surface area (Å²) in [7, 11) is 0. The molecule has 96 valence electrons. The van der Waals surface area contributed by atoms with Gasteiger partial charge in [0.1, 0.15) is 5.58 Å². The van der Waals surface area contributed by atoms with E-state index in [0.717, 1.165) is 11.5 Å². The van der Waals surface area contributed by atoms with E-state index in [0.29, 0.717) is 5.39 Å². The summed E-state index contributed by atoms with van der Waals surface area (Å²) in [6.07, 6.45) is 0. The maximum atomic E-state index is 13.0. The van der Waals surface area contributed by atoms with Gasteiger partial charge in [0.05, 0.1) is 5.39 Å². The smallest absolute Gasteiger partial charge is 0.379 e. The molecule has 2 aromatic carbocycles. The zero-order valence-electron chi connectivity index (χ0n) is 9.49. The number of halogens is 3. The zero-order valence-corrected chi connectivity index (χ0v) is 10.2. The van der Waals surface area contributed by atoms with E-state index in [9.17, 15) is 13.6 Å². The van der Waals surface area contributed by atoms with Crippen LogP contribution in [0.4, 0.5) is 8.78 Å². The SMILES string of the molecule is O=c1cc(C(F)(F)Cl)oc2ccc3ccccc3c12. The topological polar surface area (TPSA) is 30.2 Å². The fourth-order valence-electron chi connectivity index (χ4n) is 2.07. The highest BCUT2D eigenvalue weighted by Gasteiger charge is 2.32. The van der Waals surface area contributed by atoms with Crippen LogP contribution in [0.1, 0.15) is 5.76 Å². The van der Waals surface area contributed by atoms with E-state index in [2.05, 4.69) is 0 Å². The fraction of sp³-hybridized carbons (Fsp3) is 0.0714. The van der Waals surface area contributed by atoms with Gasteiger partial charge in [-0.1, -0.05) is 30.3 Å². The van der Waals surface area contributed by atoms with Crippen molar-refractivity contribution in [3.05, 3.63) is 58.4 Å². The van der Waals surface area contributed by atoms with Gasteiger partial charge in [-0.15, -0.1) is 0 Å². The second-order valence-corrected chi connectivity index (χ2v) is 4.61. The number of fused-ring (bicyclic) bond motifs is 3. The number of rotatable bonds is 1. The zero-order chi connectivity index (χ0) is 13.6. The van der Waals surface area contributed by atoms with Gasteiger partial charge in [0.15, 0.2) is 11.2 Å². The first-order chi connectivity index (χ1) is 8.97. The molecule has 0 aliphatic rings. The Labute approximate surface area is 111 Å². The molecule has 0 aliphatic heterocycles. The first-order valence-electron chi connectivity index (χ1n) is 5.49. The van der Waals surface area contributed by atoms with Crippen molar-refractivity contribution in [3.8, 4) is 0 Å². The molecule has 1 aromatic heterocycles. The minimum Gasteiger partial charge on any atom is -0.453 e. The summed E-state index contributed by atoms with van der Waals surface area (Å²) in [6, 6.07) is 11.1. The Morgan fingerprint density at radius 1 is 1.11 bits per heavy atom. The van der Waals surface area contributed by atoms with Crippen LogP contribution in [0.2, 0.25) is 0 Å². The van der Waals surface area contributed by atoms with Crippen molar-refractivity contribution in [1.29, 1.82) is 0 Å². The highest BCUT2D eigenvalue weighted by Crippen LogP contribution is 2.33. The van der Waals surface area contributed by atoms with Crippen molar-refractivity contribution in [2.45, 2.75) is 5.38 Å². The van der Waals surface area contributed by atoms with Crippen molar-refractivity contribution >= 4 is 33.3 Å². The molecule has 0 aliphatic carbocycles. The molecular weight excluding hydrogens is 274 g/mol. The third-order valence-electron chi connectivity index (χ3n) is 2.90. The van der Waals surface area contributed by atoms with Crippen LogP contribution in [-0.2, 0) is 5.38 Å². The van der Waals surface area contributed by atoms with Gasteiger partial charge < -0.3 is 4.42 Å². The van der Waals surface area contributed by atoms with Crippen molar-refractivity contribution in [3.63, 3.8) is 0 Å². The molecule has 0 spiro atoms. The predicted octanol–water partition coefficient (Wildman–Crippen LogP) is 4.23. The first kappa shape index (κ1) is 12.1. The molecule has 3 aromatic rings. The molecule has 0 amide bonds. The molecule has 0 bridgehead atoms. The van der Waals surface area contributed by atoms with Gasteiger partial charge >= 0.3 is 5.38 Å². The van der Waals surface area contributed by atoms with E-state index in [-0.39, 0.29) is 11.0 Å². The summed E-state index contributed by atoms with van der Waals surface area (Å²) in [4.78, 5) is 12.0. The third-order valence-corrected chi connectivity index (χ3v) is 3.08. The summed E-state index contributed by atoms with van der Waals surface area (Å²) in [6.45, 7) is 0. The van der Waals surface area contributed by atoms with Crippen LogP contribution >= 0.6 is 11.6 Å². The third kappa shape index (κ3) is 1.98. The van der Waals surface area contributed by atoms with Gasteiger partial charge in [0.25, 0.3) is 0 Å². The van der Waals surface area contributed by atoms with Gasteiger partial charge in [-0.3, -0.25) is 4.79 Å². The Morgan fingerprint density at radius 3 is 2.58 bits per heavy atom. The first-order valence-corrected chi connectivity index (χ1v) is 5.87. The molecule has 0 saturated carbocycles. The predicted molar refractivity (Wildman–Crippen MR) is 69.7 cm³/mol. The second kappa shape index (κ2) is 4.03. The van der Waals surface area contributed by atoms with Crippen LogP contribution in [0, 0.1) is 0 Å². The maximum Gasteiger partial charge on any atom is 0.379 e. The number of alkyl halides is 3. The van der Waals surface area contributed by atoms with Crippen molar-refractivity contribution < 1.29 is 13.2 Å². The van der Waals surface area contributed by atoms with Crippen molar-refractivity contribution in [2.75, 3.05) is 0 Å². The van der Waals surface area contributed by atoms with Gasteiger partial charge in [-0.25, -0.2) is 0 Å². The van der Waals surface area contributed by atoms with E-state index in [1.54, 1.807) is 18.2 Å². The molecule has 1 heterocycles. The standard InChI is InChI=1S/C14H7ClF2O2/c15-14(16,17)12-7-10(18)13-9-4-2-1-3-8(9)5-6-11(13)19-12/h1-7H. The lowest BCUT2D eigenvalue weighted by atomic mass is 10.1. The number of hydrogen-bond acceptors (Lipinski definition) is 2. The second-order valence-electron chi connectivity index (χ2n) is 4.13. The largest absolute Gasteiger partial charge is 0.453 e. The van der Waals surface area contributed by atoms with E-state index in [1.807, 2.05) is 12.1 Å². The minimum absolute atomic E-state index is 0.0986. The molecule has 0 radical (unpaired) electrons. The molecule has 2 nitrogen and oxygen atoms in total. The van der Waals surface area contributed by atoms with Crippen LogP contribution in [-0.4, -0.2) is 0 Å². The monoisotopic (exact) mass is 280 g/mol. The van der Waals surface area contributed by atoms with Crippen LogP contribution in [0.3, 0.4) is 0 Å². The molecule has 3 rings (SSSR count). The minimum atomic E-state index is -3.70. The summed E-state index contributed by atoms with van der Waals surface area (Å²) in [5, 5.41) is -1.91. The molecular formula is C14H7ClF2O2. The van der Waals surface area contributed by atoms with Crippen LogP contribution < -0.4 is 5.43 Å². The van der Waals surface area contributed by atoms with Crippen LogP contribution in [0.15, 0.2) is 51.7 Å². The maximum absolute atomic E-state index is 13.0. The van der Waals surface area contributed by atoms with Crippen LogP contribution in [0.5, 0.6) is 0 Å². The summed E-state index contributed by atoms with van der Waals surface area (Å²) in [5.41, 5.74) is -0.435. The molecule has 0 unspecified atom stereocenters. The van der Waals surface area contributed by atoms with Gasteiger partial charge in [-0.2, -0.15) is 8.78 Å². The fourth-order valence-corrected chi connectivity index (χ4v) is 2.16. The molecule has 19 heavy (non-hydrogen) atoms. The highest BCUT2D eigenvalue weighted by atomic mass is 35.5. The highest BCUT2D eigenvalue weighted by molar-refractivity contribution is 6.21. The molecule has 0 N–H and O–H groups in total. The summed E-state index contributed by atoms with van der Waals surface area (Å²) in [5.74, 6) is -0.845. The van der Waals surface area contributed by atoms with Gasteiger partial charge in [-0.05, 0) is 28.4 Å². The Balaban J connectivity index is 2.47. The molecule has 0 saturated heterocycles. The lowest BCUT2D eigenvalue weighted by Gasteiger charge is -2.08. The van der Waals surface area contributed by atoms with Crippen LogP contribution in [0.25, 0.3) is 21.7 Å². The number of hydrogen-bond donors (Lipinski definition) is 0. The Bertz CT molecular complexity index is 834. The molecule has 5 heteroatoms.